The Hall–Kier alpha value is -1.85. The van der Waals surface area contributed by atoms with E-state index < -0.39 is 0 Å². The highest BCUT2D eigenvalue weighted by Gasteiger charge is 2.09. The lowest BCUT2D eigenvalue weighted by molar-refractivity contribution is 0.178. The van der Waals surface area contributed by atoms with E-state index in [1.165, 1.54) is 0 Å². The molecular formula is C14H16ClN3O2. The van der Waals surface area contributed by atoms with Gasteiger partial charge in [-0.1, -0.05) is 17.7 Å². The van der Waals surface area contributed by atoms with Crippen molar-refractivity contribution in [3.05, 3.63) is 35.1 Å². The number of halogens is 1. The van der Waals surface area contributed by atoms with Crippen LogP contribution in [0, 0.1) is 0 Å². The summed E-state index contributed by atoms with van der Waals surface area (Å²) in [4.78, 5) is 8.79. The predicted molar refractivity (Wildman–Crippen MR) is 79.3 cm³/mol. The van der Waals surface area contributed by atoms with Crippen LogP contribution >= 0.6 is 11.6 Å². The summed E-state index contributed by atoms with van der Waals surface area (Å²) >= 11 is 6.03. The lowest BCUT2D eigenvalue weighted by Gasteiger charge is -2.09. The number of aromatic nitrogens is 2. The zero-order valence-corrected chi connectivity index (χ0v) is 12.4. The van der Waals surface area contributed by atoms with Crippen LogP contribution in [-0.2, 0) is 11.3 Å². The first-order valence-electron chi connectivity index (χ1n) is 6.06. The minimum Gasteiger partial charge on any atom is -0.495 e. The maximum absolute atomic E-state index is 6.03. The van der Waals surface area contributed by atoms with E-state index >= 15 is 0 Å². The van der Waals surface area contributed by atoms with Crippen molar-refractivity contribution >= 4 is 17.4 Å². The van der Waals surface area contributed by atoms with Gasteiger partial charge in [0.2, 0.25) is 0 Å². The van der Waals surface area contributed by atoms with Crippen LogP contribution in [0.4, 0.5) is 5.82 Å². The van der Waals surface area contributed by atoms with Crippen LogP contribution in [0.15, 0.2) is 24.3 Å². The summed E-state index contributed by atoms with van der Waals surface area (Å²) in [6.07, 6.45) is 0. The molecule has 5 nitrogen and oxygen atoms in total. The van der Waals surface area contributed by atoms with E-state index in [0.29, 0.717) is 23.2 Å². The largest absolute Gasteiger partial charge is 0.495 e. The molecule has 0 aliphatic rings. The summed E-state index contributed by atoms with van der Waals surface area (Å²) in [6.45, 7) is 0.354. The Morgan fingerprint density at radius 1 is 1.20 bits per heavy atom. The van der Waals surface area contributed by atoms with Gasteiger partial charge >= 0.3 is 0 Å². The minimum atomic E-state index is 0.354. The quantitative estimate of drug-likeness (QED) is 0.918. The molecule has 2 aromatic rings. The molecule has 1 heterocycles. The van der Waals surface area contributed by atoms with Crippen LogP contribution in [0.3, 0.4) is 0 Å². The number of ether oxygens (including phenoxy) is 2. The molecule has 1 aromatic heterocycles. The Labute approximate surface area is 122 Å². The number of methoxy groups -OCH3 is 2. The zero-order valence-electron chi connectivity index (χ0n) is 11.6. The molecule has 1 aromatic carbocycles. The molecule has 0 saturated carbocycles. The molecule has 0 saturated heterocycles. The molecule has 0 amide bonds. The summed E-state index contributed by atoms with van der Waals surface area (Å²) < 4.78 is 10.3. The second-order valence-corrected chi connectivity index (χ2v) is 4.49. The molecule has 0 bridgehead atoms. The van der Waals surface area contributed by atoms with E-state index in [-0.39, 0.29) is 0 Å². The molecule has 20 heavy (non-hydrogen) atoms. The van der Waals surface area contributed by atoms with Gasteiger partial charge in [0, 0.05) is 25.8 Å². The lowest BCUT2D eigenvalue weighted by Crippen LogP contribution is -2.02. The summed E-state index contributed by atoms with van der Waals surface area (Å²) in [7, 11) is 5.01. The van der Waals surface area contributed by atoms with Gasteiger partial charge in [0.25, 0.3) is 0 Å². The number of nitrogens with zero attached hydrogens (tertiary/aromatic N) is 2. The topological polar surface area (TPSA) is 56.3 Å². The van der Waals surface area contributed by atoms with Gasteiger partial charge in [-0.25, -0.2) is 9.97 Å². The molecule has 0 aliphatic carbocycles. The van der Waals surface area contributed by atoms with Gasteiger partial charge in [-0.3, -0.25) is 0 Å². The molecular weight excluding hydrogens is 278 g/mol. The van der Waals surface area contributed by atoms with E-state index in [1.807, 2.05) is 25.2 Å². The van der Waals surface area contributed by atoms with E-state index in [9.17, 15) is 0 Å². The van der Waals surface area contributed by atoms with Gasteiger partial charge < -0.3 is 14.8 Å². The van der Waals surface area contributed by atoms with Gasteiger partial charge in [-0.15, -0.1) is 0 Å². The van der Waals surface area contributed by atoms with E-state index in [4.69, 9.17) is 21.1 Å². The van der Waals surface area contributed by atoms with E-state index in [0.717, 1.165) is 17.1 Å². The van der Waals surface area contributed by atoms with Crippen LogP contribution in [0.1, 0.15) is 5.82 Å². The van der Waals surface area contributed by atoms with Crippen molar-refractivity contribution in [2.75, 3.05) is 26.6 Å². The molecule has 0 radical (unpaired) electrons. The second-order valence-electron chi connectivity index (χ2n) is 4.09. The Morgan fingerprint density at radius 3 is 2.65 bits per heavy atom. The minimum absolute atomic E-state index is 0.354. The maximum Gasteiger partial charge on any atom is 0.157 e. The first-order chi connectivity index (χ1) is 9.67. The van der Waals surface area contributed by atoms with Crippen molar-refractivity contribution in [3.8, 4) is 17.0 Å². The summed E-state index contributed by atoms with van der Waals surface area (Å²) in [5, 5.41) is 3.58. The number of nitrogens with one attached hydrogen (secondary N) is 1. The summed E-state index contributed by atoms with van der Waals surface area (Å²) in [5.74, 6) is 1.96. The fraction of sp³-hybridized carbons (Fsp3) is 0.286. The van der Waals surface area contributed by atoms with Gasteiger partial charge in [-0.05, 0) is 12.1 Å². The number of hydrogen-bond donors (Lipinski definition) is 1. The van der Waals surface area contributed by atoms with Gasteiger partial charge in [0.05, 0.1) is 17.8 Å². The molecule has 2 rings (SSSR count). The monoisotopic (exact) mass is 293 g/mol. The third-order valence-corrected chi connectivity index (χ3v) is 3.06. The first-order valence-corrected chi connectivity index (χ1v) is 6.44. The normalized spacial score (nSPS) is 10.4. The highest BCUT2D eigenvalue weighted by atomic mass is 35.5. The fourth-order valence-corrected chi connectivity index (χ4v) is 1.98. The molecule has 0 spiro atoms. The third kappa shape index (κ3) is 3.18. The highest BCUT2D eigenvalue weighted by Crippen LogP contribution is 2.30. The smallest absolute Gasteiger partial charge is 0.157 e. The average molecular weight is 294 g/mol. The lowest BCUT2D eigenvalue weighted by atomic mass is 10.1. The summed E-state index contributed by atoms with van der Waals surface area (Å²) in [6, 6.07) is 7.39. The van der Waals surface area contributed by atoms with Crippen LogP contribution < -0.4 is 10.1 Å². The molecule has 0 atom stereocenters. The Bertz CT molecular complexity index is 605. The number of hydrogen-bond acceptors (Lipinski definition) is 5. The zero-order chi connectivity index (χ0) is 14.5. The standard InChI is InChI=1S/C14H16ClN3O2/c1-16-13-7-11(17-14(18-13)8-19-2)9-4-5-10(15)12(6-9)20-3/h4-7H,8H2,1-3H3,(H,16,17,18). The van der Waals surface area contributed by atoms with E-state index in [2.05, 4.69) is 15.3 Å². The third-order valence-electron chi connectivity index (χ3n) is 2.75. The molecule has 0 unspecified atom stereocenters. The Morgan fingerprint density at radius 2 is 2.00 bits per heavy atom. The van der Waals surface area contributed by atoms with E-state index in [1.54, 1.807) is 20.3 Å². The molecule has 0 fully saturated rings. The van der Waals surface area contributed by atoms with Gasteiger partial charge in [0.1, 0.15) is 18.2 Å². The predicted octanol–water partition coefficient (Wildman–Crippen LogP) is 2.99. The van der Waals surface area contributed by atoms with Crippen LogP contribution in [0.25, 0.3) is 11.3 Å². The van der Waals surface area contributed by atoms with Crippen molar-refractivity contribution in [2.24, 2.45) is 0 Å². The van der Waals surface area contributed by atoms with Crippen molar-refractivity contribution in [1.82, 2.24) is 9.97 Å². The first kappa shape index (κ1) is 14.6. The molecule has 106 valence electrons. The Balaban J connectivity index is 2.47. The van der Waals surface area contributed by atoms with Crippen molar-refractivity contribution < 1.29 is 9.47 Å². The highest BCUT2D eigenvalue weighted by molar-refractivity contribution is 6.32. The van der Waals surface area contributed by atoms with Gasteiger partial charge in [-0.2, -0.15) is 0 Å². The molecule has 1 N–H and O–H groups in total. The van der Waals surface area contributed by atoms with Crippen LogP contribution in [0.2, 0.25) is 5.02 Å². The fourth-order valence-electron chi connectivity index (χ4n) is 1.79. The average Bonchev–Trinajstić information content (AvgIpc) is 2.47. The maximum atomic E-state index is 6.03. The molecule has 0 aliphatic heterocycles. The number of rotatable bonds is 5. The van der Waals surface area contributed by atoms with Gasteiger partial charge in [0.15, 0.2) is 5.82 Å². The van der Waals surface area contributed by atoms with Crippen LogP contribution in [0.5, 0.6) is 5.75 Å². The number of anilines is 1. The Kier molecular flexibility index (Phi) is 4.76. The van der Waals surface area contributed by atoms with Crippen molar-refractivity contribution in [1.29, 1.82) is 0 Å². The molecule has 6 heteroatoms. The van der Waals surface area contributed by atoms with Crippen molar-refractivity contribution in [3.63, 3.8) is 0 Å². The van der Waals surface area contributed by atoms with Crippen molar-refractivity contribution in [2.45, 2.75) is 6.61 Å². The SMILES string of the molecule is CNc1cc(-c2ccc(Cl)c(OC)c2)nc(COC)n1. The van der Waals surface area contributed by atoms with Crippen LogP contribution in [-0.4, -0.2) is 31.2 Å². The number of benzene rings is 1. The second kappa shape index (κ2) is 6.54. The summed E-state index contributed by atoms with van der Waals surface area (Å²) in [5.41, 5.74) is 1.69.